The van der Waals surface area contributed by atoms with Gasteiger partial charge in [0.2, 0.25) is 0 Å². The molecular formula is C18H19BrF3NO2S. The Morgan fingerprint density at radius 2 is 1.77 bits per heavy atom. The van der Waals surface area contributed by atoms with Crippen molar-refractivity contribution in [1.29, 1.82) is 0 Å². The Labute approximate surface area is 161 Å². The zero-order chi connectivity index (χ0) is 19.5. The molecule has 0 N–H and O–H groups in total. The highest BCUT2D eigenvalue weighted by molar-refractivity contribution is 9.10. The SMILES string of the molecule is CC(C)(C)OS(=O)C[C@@H](c1ccc(C(F)(F)F)cc1)c1ncccc1Br. The van der Waals surface area contributed by atoms with Crippen LogP contribution in [0.2, 0.25) is 0 Å². The van der Waals surface area contributed by atoms with Crippen molar-refractivity contribution in [3.63, 3.8) is 0 Å². The van der Waals surface area contributed by atoms with Crippen LogP contribution in [0.3, 0.4) is 0 Å². The second kappa shape index (κ2) is 8.19. The summed E-state index contributed by atoms with van der Waals surface area (Å²) in [5.41, 5.74) is -0.148. The second-order valence-corrected chi connectivity index (χ2v) is 8.67. The molecule has 3 nitrogen and oxygen atoms in total. The van der Waals surface area contributed by atoms with Gasteiger partial charge in [-0.05, 0) is 66.5 Å². The molecule has 2 aromatic rings. The maximum absolute atomic E-state index is 12.8. The molecule has 1 aromatic carbocycles. The van der Waals surface area contributed by atoms with E-state index in [1.165, 1.54) is 12.1 Å². The standard InChI is InChI=1S/C18H19BrF3NO2S/c1-17(2,3)25-26(24)11-14(16-15(19)5-4-10-23-16)12-6-8-13(9-7-12)18(20,21)22/h4-10,14H,11H2,1-3H3/t14-,26?/m0/s1. The van der Waals surface area contributed by atoms with Crippen LogP contribution < -0.4 is 0 Å². The summed E-state index contributed by atoms with van der Waals surface area (Å²) in [6, 6.07) is 8.35. The molecule has 0 spiro atoms. The molecule has 8 heteroatoms. The Bertz CT molecular complexity index is 773. The predicted octanol–water partition coefficient (Wildman–Crippen LogP) is 5.47. The Morgan fingerprint density at radius 1 is 1.15 bits per heavy atom. The van der Waals surface area contributed by atoms with E-state index in [0.717, 1.165) is 12.1 Å². The van der Waals surface area contributed by atoms with Crippen molar-refractivity contribution in [2.24, 2.45) is 0 Å². The largest absolute Gasteiger partial charge is 0.416 e. The van der Waals surface area contributed by atoms with Crippen LogP contribution in [0.4, 0.5) is 13.2 Å². The molecule has 0 aliphatic heterocycles. The average molecular weight is 450 g/mol. The van der Waals surface area contributed by atoms with Gasteiger partial charge in [-0.15, -0.1) is 0 Å². The minimum Gasteiger partial charge on any atom is -0.285 e. The van der Waals surface area contributed by atoms with E-state index in [2.05, 4.69) is 20.9 Å². The summed E-state index contributed by atoms with van der Waals surface area (Å²) in [5, 5.41) is 0. The lowest BCUT2D eigenvalue weighted by Crippen LogP contribution is -2.24. The lowest BCUT2D eigenvalue weighted by atomic mass is 9.96. The third-order valence-electron chi connectivity index (χ3n) is 3.40. The van der Waals surface area contributed by atoms with Crippen LogP contribution in [0.15, 0.2) is 47.1 Å². The number of benzene rings is 1. The van der Waals surface area contributed by atoms with Crippen molar-refractivity contribution in [3.05, 3.63) is 63.9 Å². The second-order valence-electron chi connectivity index (χ2n) is 6.71. The molecule has 2 atom stereocenters. The van der Waals surface area contributed by atoms with Crippen molar-refractivity contribution >= 4 is 27.0 Å². The zero-order valence-electron chi connectivity index (χ0n) is 14.5. The van der Waals surface area contributed by atoms with E-state index in [1.54, 1.807) is 39.1 Å². The Kier molecular flexibility index (Phi) is 6.63. The van der Waals surface area contributed by atoms with E-state index in [-0.39, 0.29) is 5.75 Å². The number of halogens is 4. The zero-order valence-corrected chi connectivity index (χ0v) is 16.9. The van der Waals surface area contributed by atoms with E-state index in [4.69, 9.17) is 4.18 Å². The van der Waals surface area contributed by atoms with Crippen molar-refractivity contribution in [2.45, 2.75) is 38.5 Å². The molecule has 1 aromatic heterocycles. The number of alkyl halides is 3. The summed E-state index contributed by atoms with van der Waals surface area (Å²) in [4.78, 5) is 4.32. The Hall–Kier alpha value is -1.25. The molecule has 0 amide bonds. The number of pyridine rings is 1. The first-order valence-electron chi connectivity index (χ1n) is 7.83. The van der Waals surface area contributed by atoms with Crippen molar-refractivity contribution in [1.82, 2.24) is 4.98 Å². The topological polar surface area (TPSA) is 39.2 Å². The first kappa shape index (κ1) is 21.1. The van der Waals surface area contributed by atoms with Gasteiger partial charge in [-0.1, -0.05) is 12.1 Å². The van der Waals surface area contributed by atoms with Gasteiger partial charge < -0.3 is 0 Å². The average Bonchev–Trinajstić information content (AvgIpc) is 2.51. The summed E-state index contributed by atoms with van der Waals surface area (Å²) < 4.78 is 57.0. The molecule has 142 valence electrons. The highest BCUT2D eigenvalue weighted by Gasteiger charge is 2.31. The molecule has 2 rings (SSSR count). The fraction of sp³-hybridized carbons (Fsp3) is 0.389. The summed E-state index contributed by atoms with van der Waals surface area (Å²) in [5.74, 6) is -0.394. The van der Waals surface area contributed by atoms with Gasteiger partial charge in [0.15, 0.2) is 11.1 Å². The lowest BCUT2D eigenvalue weighted by Gasteiger charge is -2.22. The first-order valence-corrected chi connectivity index (χ1v) is 9.86. The van der Waals surface area contributed by atoms with Gasteiger partial charge in [0.1, 0.15) is 0 Å². The number of nitrogens with zero attached hydrogens (tertiary/aromatic N) is 1. The van der Waals surface area contributed by atoms with Crippen LogP contribution >= 0.6 is 15.9 Å². The molecule has 0 aliphatic carbocycles. The third kappa shape index (κ3) is 5.89. The van der Waals surface area contributed by atoms with Gasteiger partial charge in [-0.2, -0.15) is 13.2 Å². The van der Waals surface area contributed by atoms with Crippen LogP contribution in [-0.4, -0.2) is 20.5 Å². The minimum absolute atomic E-state index is 0.0816. The molecular weight excluding hydrogens is 431 g/mol. The lowest BCUT2D eigenvalue weighted by molar-refractivity contribution is -0.137. The summed E-state index contributed by atoms with van der Waals surface area (Å²) >= 11 is 1.78. The molecule has 0 radical (unpaired) electrons. The highest BCUT2D eigenvalue weighted by Crippen LogP contribution is 2.33. The summed E-state index contributed by atoms with van der Waals surface area (Å²) in [6.45, 7) is 5.36. The monoisotopic (exact) mass is 449 g/mol. The molecule has 0 fully saturated rings. The number of hydrogen-bond donors (Lipinski definition) is 0. The van der Waals surface area contributed by atoms with Crippen LogP contribution in [0.5, 0.6) is 0 Å². The van der Waals surface area contributed by atoms with E-state index in [1.807, 2.05) is 0 Å². The van der Waals surface area contributed by atoms with Gasteiger partial charge in [-0.25, -0.2) is 4.21 Å². The highest BCUT2D eigenvalue weighted by atomic mass is 79.9. The van der Waals surface area contributed by atoms with Gasteiger partial charge in [0.05, 0.1) is 22.6 Å². The van der Waals surface area contributed by atoms with Crippen molar-refractivity contribution in [2.75, 3.05) is 5.75 Å². The van der Waals surface area contributed by atoms with Gasteiger partial charge in [-0.3, -0.25) is 9.17 Å². The van der Waals surface area contributed by atoms with Crippen LogP contribution in [0.1, 0.15) is 43.5 Å². The molecule has 0 saturated heterocycles. The maximum Gasteiger partial charge on any atom is 0.416 e. The Balaban J connectivity index is 2.38. The number of hydrogen-bond acceptors (Lipinski definition) is 3. The maximum atomic E-state index is 12.8. The van der Waals surface area contributed by atoms with Crippen LogP contribution in [-0.2, 0) is 21.4 Å². The van der Waals surface area contributed by atoms with Crippen molar-refractivity contribution < 1.29 is 21.6 Å². The smallest absolute Gasteiger partial charge is 0.285 e. The van der Waals surface area contributed by atoms with Gasteiger partial charge in [0, 0.05) is 16.6 Å². The number of rotatable bonds is 5. The quantitative estimate of drug-likeness (QED) is 0.606. The van der Waals surface area contributed by atoms with E-state index in [0.29, 0.717) is 15.7 Å². The first-order chi connectivity index (χ1) is 12.0. The van der Waals surface area contributed by atoms with Gasteiger partial charge in [0.25, 0.3) is 0 Å². The summed E-state index contributed by atoms with van der Waals surface area (Å²) in [7, 11) is 0. The fourth-order valence-corrected chi connectivity index (χ4v) is 4.12. The van der Waals surface area contributed by atoms with E-state index in [9.17, 15) is 17.4 Å². The van der Waals surface area contributed by atoms with Gasteiger partial charge >= 0.3 is 6.18 Å². The summed E-state index contributed by atoms with van der Waals surface area (Å²) in [6.07, 6.45) is -2.82. The van der Waals surface area contributed by atoms with Crippen LogP contribution in [0.25, 0.3) is 0 Å². The molecule has 0 saturated carbocycles. The molecule has 1 heterocycles. The Morgan fingerprint density at radius 3 is 2.27 bits per heavy atom. The minimum atomic E-state index is -4.40. The molecule has 0 aliphatic rings. The molecule has 0 bridgehead atoms. The van der Waals surface area contributed by atoms with E-state index < -0.39 is 34.3 Å². The predicted molar refractivity (Wildman–Crippen MR) is 99.1 cm³/mol. The van der Waals surface area contributed by atoms with Crippen molar-refractivity contribution in [3.8, 4) is 0 Å². The third-order valence-corrected chi connectivity index (χ3v) is 5.37. The molecule has 1 unspecified atom stereocenters. The molecule has 26 heavy (non-hydrogen) atoms. The number of aromatic nitrogens is 1. The van der Waals surface area contributed by atoms with Crippen LogP contribution in [0, 0.1) is 0 Å². The normalized spacial score (nSPS) is 14.9. The van der Waals surface area contributed by atoms with E-state index >= 15 is 0 Å². The fourth-order valence-electron chi connectivity index (χ4n) is 2.34.